The Bertz CT molecular complexity index is 523. The molecule has 2 aliphatic rings. The molecule has 1 N–H and O–H groups in total. The third kappa shape index (κ3) is 4.41. The zero-order valence-corrected chi connectivity index (χ0v) is 13.9. The molecule has 0 radical (unpaired) electrons. The molecule has 3 unspecified atom stereocenters. The van der Waals surface area contributed by atoms with E-state index in [-0.39, 0.29) is 36.3 Å². The summed E-state index contributed by atoms with van der Waals surface area (Å²) in [4.78, 5) is 14.4. The van der Waals surface area contributed by atoms with Crippen molar-refractivity contribution < 1.29 is 18.7 Å². The molecule has 1 aromatic carbocycles. The van der Waals surface area contributed by atoms with Crippen LogP contribution in [-0.2, 0) is 14.3 Å². The Hall–Kier alpha value is -1.21. The molecule has 0 bridgehead atoms. The van der Waals surface area contributed by atoms with Crippen LogP contribution in [0.5, 0.6) is 0 Å². The van der Waals surface area contributed by atoms with E-state index >= 15 is 0 Å². The molecule has 1 aromatic rings. The first-order valence-electron chi connectivity index (χ1n) is 7.65. The van der Waals surface area contributed by atoms with E-state index in [0.29, 0.717) is 26.2 Å². The van der Waals surface area contributed by atoms with Crippen molar-refractivity contribution in [3.8, 4) is 0 Å². The molecule has 128 valence electrons. The molecule has 0 spiro atoms. The Morgan fingerprint density at radius 1 is 1.30 bits per heavy atom. The van der Waals surface area contributed by atoms with Crippen LogP contribution in [0.4, 0.5) is 4.39 Å². The van der Waals surface area contributed by atoms with Crippen LogP contribution in [0.2, 0.25) is 0 Å². The van der Waals surface area contributed by atoms with Gasteiger partial charge in [-0.3, -0.25) is 4.79 Å². The lowest BCUT2D eigenvalue weighted by molar-refractivity contribution is -0.157. The SMILES string of the molecule is CC1CN(C(=O)C2CNCCO2)CC(c2ccc(F)cc2)O1.Cl. The number of nitrogens with zero attached hydrogens (tertiary/aromatic N) is 1. The Labute approximate surface area is 141 Å². The van der Waals surface area contributed by atoms with E-state index in [4.69, 9.17) is 9.47 Å². The summed E-state index contributed by atoms with van der Waals surface area (Å²) in [6, 6.07) is 6.25. The van der Waals surface area contributed by atoms with E-state index in [1.54, 1.807) is 17.0 Å². The molecule has 2 saturated heterocycles. The second kappa shape index (κ2) is 8.06. The molecule has 0 aliphatic carbocycles. The zero-order valence-electron chi connectivity index (χ0n) is 13.0. The summed E-state index contributed by atoms with van der Waals surface area (Å²) < 4.78 is 24.5. The third-order valence-corrected chi connectivity index (χ3v) is 4.02. The van der Waals surface area contributed by atoms with Crippen molar-refractivity contribution in [1.82, 2.24) is 10.2 Å². The van der Waals surface area contributed by atoms with E-state index < -0.39 is 6.10 Å². The maximum absolute atomic E-state index is 13.0. The number of hydrogen-bond acceptors (Lipinski definition) is 4. The summed E-state index contributed by atoms with van der Waals surface area (Å²) >= 11 is 0. The van der Waals surface area contributed by atoms with Gasteiger partial charge in [-0.1, -0.05) is 12.1 Å². The molecule has 0 saturated carbocycles. The molecule has 23 heavy (non-hydrogen) atoms. The predicted octanol–water partition coefficient (Wildman–Crippen LogP) is 1.52. The van der Waals surface area contributed by atoms with Crippen molar-refractivity contribution in [3.63, 3.8) is 0 Å². The van der Waals surface area contributed by atoms with Crippen molar-refractivity contribution in [2.75, 3.05) is 32.8 Å². The Morgan fingerprint density at radius 2 is 2.04 bits per heavy atom. The Kier molecular flexibility index (Phi) is 6.35. The first-order chi connectivity index (χ1) is 10.6. The fraction of sp³-hybridized carbons (Fsp3) is 0.562. The number of hydrogen-bond donors (Lipinski definition) is 1. The zero-order chi connectivity index (χ0) is 15.5. The molecular formula is C16H22ClFN2O3. The monoisotopic (exact) mass is 344 g/mol. The van der Waals surface area contributed by atoms with Crippen LogP contribution in [0.1, 0.15) is 18.6 Å². The van der Waals surface area contributed by atoms with Crippen molar-refractivity contribution in [1.29, 1.82) is 0 Å². The third-order valence-electron chi connectivity index (χ3n) is 4.02. The summed E-state index contributed by atoms with van der Waals surface area (Å²) in [7, 11) is 0. The van der Waals surface area contributed by atoms with Gasteiger partial charge in [-0.25, -0.2) is 4.39 Å². The van der Waals surface area contributed by atoms with Gasteiger partial charge in [-0.05, 0) is 24.6 Å². The summed E-state index contributed by atoms with van der Waals surface area (Å²) in [6.45, 7) is 4.84. The van der Waals surface area contributed by atoms with Gasteiger partial charge in [0.15, 0.2) is 0 Å². The number of carbonyl (C=O) groups is 1. The van der Waals surface area contributed by atoms with E-state index in [9.17, 15) is 9.18 Å². The van der Waals surface area contributed by atoms with Gasteiger partial charge >= 0.3 is 0 Å². The summed E-state index contributed by atoms with van der Waals surface area (Å²) in [5.74, 6) is -0.281. The van der Waals surface area contributed by atoms with Gasteiger partial charge in [-0.15, -0.1) is 12.4 Å². The average molecular weight is 345 g/mol. The van der Waals surface area contributed by atoms with Crippen LogP contribution in [0.15, 0.2) is 24.3 Å². The van der Waals surface area contributed by atoms with Crippen LogP contribution in [0, 0.1) is 5.82 Å². The number of halogens is 2. The standard InChI is InChI=1S/C16H21FN2O3.ClH/c1-11-9-19(16(20)14-8-18-6-7-21-14)10-15(22-11)12-2-4-13(17)5-3-12;/h2-5,11,14-15,18H,6-10H2,1H3;1H. The van der Waals surface area contributed by atoms with Crippen LogP contribution in [0.3, 0.4) is 0 Å². The lowest BCUT2D eigenvalue weighted by Gasteiger charge is -2.39. The van der Waals surface area contributed by atoms with Gasteiger partial charge in [0.1, 0.15) is 18.0 Å². The number of rotatable bonds is 2. The van der Waals surface area contributed by atoms with Gasteiger partial charge in [-0.2, -0.15) is 0 Å². The Balaban J connectivity index is 0.00000192. The van der Waals surface area contributed by atoms with Crippen LogP contribution in [-0.4, -0.2) is 55.8 Å². The largest absolute Gasteiger partial charge is 0.367 e. The number of amides is 1. The maximum Gasteiger partial charge on any atom is 0.253 e. The molecule has 3 atom stereocenters. The van der Waals surface area contributed by atoms with Crippen LogP contribution in [0.25, 0.3) is 0 Å². The molecule has 7 heteroatoms. The highest BCUT2D eigenvalue weighted by Crippen LogP contribution is 2.26. The topological polar surface area (TPSA) is 50.8 Å². The molecule has 1 amide bonds. The molecule has 0 aromatic heterocycles. The number of ether oxygens (including phenoxy) is 2. The number of benzene rings is 1. The van der Waals surface area contributed by atoms with Gasteiger partial charge in [0.25, 0.3) is 5.91 Å². The predicted molar refractivity (Wildman–Crippen MR) is 86.1 cm³/mol. The first kappa shape index (κ1) is 18.1. The quantitative estimate of drug-likeness (QED) is 0.884. The molecule has 2 aliphatic heterocycles. The highest BCUT2D eigenvalue weighted by Gasteiger charge is 2.33. The van der Waals surface area contributed by atoms with Crippen molar-refractivity contribution in [2.45, 2.75) is 25.2 Å². The second-order valence-corrected chi connectivity index (χ2v) is 5.79. The van der Waals surface area contributed by atoms with Gasteiger partial charge in [0, 0.05) is 19.6 Å². The Morgan fingerprint density at radius 3 is 2.70 bits per heavy atom. The second-order valence-electron chi connectivity index (χ2n) is 5.79. The number of morpholine rings is 2. The minimum atomic E-state index is -0.423. The number of carbonyl (C=O) groups excluding carboxylic acids is 1. The number of nitrogens with one attached hydrogen (secondary N) is 1. The van der Waals surface area contributed by atoms with Gasteiger partial charge in [0.2, 0.25) is 0 Å². The molecule has 2 heterocycles. The lowest BCUT2D eigenvalue weighted by Crippen LogP contribution is -2.54. The summed E-state index contributed by atoms with van der Waals surface area (Å²) in [5, 5.41) is 3.17. The first-order valence-corrected chi connectivity index (χ1v) is 7.65. The molecule has 3 rings (SSSR count). The average Bonchev–Trinajstić information content (AvgIpc) is 2.55. The minimum Gasteiger partial charge on any atom is -0.367 e. The summed E-state index contributed by atoms with van der Waals surface area (Å²) in [6.07, 6.45) is -0.720. The van der Waals surface area contributed by atoms with Crippen molar-refractivity contribution in [3.05, 3.63) is 35.6 Å². The van der Waals surface area contributed by atoms with Crippen LogP contribution >= 0.6 is 12.4 Å². The highest BCUT2D eigenvalue weighted by molar-refractivity contribution is 5.85. The summed E-state index contributed by atoms with van der Waals surface area (Å²) in [5.41, 5.74) is 0.883. The van der Waals surface area contributed by atoms with Crippen molar-refractivity contribution in [2.24, 2.45) is 0 Å². The van der Waals surface area contributed by atoms with Crippen molar-refractivity contribution >= 4 is 18.3 Å². The van der Waals surface area contributed by atoms with Crippen LogP contribution < -0.4 is 5.32 Å². The normalized spacial score (nSPS) is 28.1. The fourth-order valence-electron chi connectivity index (χ4n) is 2.92. The molecular weight excluding hydrogens is 323 g/mol. The van der Waals surface area contributed by atoms with E-state index in [1.165, 1.54) is 12.1 Å². The van der Waals surface area contributed by atoms with E-state index in [1.807, 2.05) is 6.92 Å². The van der Waals surface area contributed by atoms with Gasteiger partial charge < -0.3 is 19.7 Å². The molecule has 5 nitrogen and oxygen atoms in total. The smallest absolute Gasteiger partial charge is 0.253 e. The highest BCUT2D eigenvalue weighted by atomic mass is 35.5. The van der Waals surface area contributed by atoms with E-state index in [0.717, 1.165) is 12.1 Å². The van der Waals surface area contributed by atoms with E-state index in [2.05, 4.69) is 5.32 Å². The fourth-order valence-corrected chi connectivity index (χ4v) is 2.92. The van der Waals surface area contributed by atoms with Gasteiger partial charge in [0.05, 0.1) is 19.3 Å². The molecule has 2 fully saturated rings. The maximum atomic E-state index is 13.0. The lowest BCUT2D eigenvalue weighted by atomic mass is 10.1. The minimum absolute atomic E-state index is 0.